The fourth-order valence-electron chi connectivity index (χ4n) is 1.51. The standard InChI is InChI=1S/C14H11FN2O/c15-12-4-2-1-3-11(12)13-7-5-10(9-17-13)6-8-14(16)18/h1-9H,(H2,16,18). The Morgan fingerprint density at radius 1 is 1.22 bits per heavy atom. The largest absolute Gasteiger partial charge is 0.366 e. The number of rotatable bonds is 3. The van der Waals surface area contributed by atoms with Gasteiger partial charge >= 0.3 is 0 Å². The zero-order chi connectivity index (χ0) is 13.0. The number of amides is 1. The number of nitrogens with zero attached hydrogens (tertiary/aromatic N) is 1. The molecule has 1 amide bonds. The summed E-state index contributed by atoms with van der Waals surface area (Å²) in [5.74, 6) is -0.835. The number of primary amides is 1. The summed E-state index contributed by atoms with van der Waals surface area (Å²) >= 11 is 0. The van der Waals surface area contributed by atoms with Crippen LogP contribution in [0.4, 0.5) is 4.39 Å². The number of nitrogens with two attached hydrogens (primary N) is 1. The molecule has 0 unspecified atom stereocenters. The molecule has 0 bridgehead atoms. The van der Waals surface area contributed by atoms with Crippen LogP contribution in [-0.4, -0.2) is 10.9 Å². The number of hydrogen-bond acceptors (Lipinski definition) is 2. The van der Waals surface area contributed by atoms with Crippen LogP contribution in [0.1, 0.15) is 5.56 Å². The van der Waals surface area contributed by atoms with Crippen molar-refractivity contribution in [2.45, 2.75) is 0 Å². The summed E-state index contributed by atoms with van der Waals surface area (Å²) in [6.07, 6.45) is 4.36. The molecule has 2 aromatic rings. The van der Waals surface area contributed by atoms with Gasteiger partial charge in [-0.25, -0.2) is 4.39 Å². The second-order valence-electron chi connectivity index (χ2n) is 3.69. The van der Waals surface area contributed by atoms with Gasteiger partial charge in [0.1, 0.15) is 5.82 Å². The van der Waals surface area contributed by atoms with E-state index in [1.807, 2.05) is 0 Å². The van der Waals surface area contributed by atoms with Gasteiger partial charge < -0.3 is 5.73 Å². The summed E-state index contributed by atoms with van der Waals surface area (Å²) in [6, 6.07) is 9.87. The van der Waals surface area contributed by atoms with Gasteiger partial charge in [-0.1, -0.05) is 18.2 Å². The van der Waals surface area contributed by atoms with Crippen LogP contribution in [0.25, 0.3) is 17.3 Å². The van der Waals surface area contributed by atoms with Crippen LogP contribution in [0.2, 0.25) is 0 Å². The molecule has 18 heavy (non-hydrogen) atoms. The number of benzene rings is 1. The van der Waals surface area contributed by atoms with Crippen LogP contribution in [-0.2, 0) is 4.79 Å². The second kappa shape index (κ2) is 5.23. The summed E-state index contributed by atoms with van der Waals surface area (Å²) in [5, 5.41) is 0. The maximum atomic E-state index is 13.5. The highest BCUT2D eigenvalue weighted by atomic mass is 19.1. The molecule has 0 saturated carbocycles. The molecule has 3 nitrogen and oxygen atoms in total. The fraction of sp³-hybridized carbons (Fsp3) is 0. The molecule has 0 aliphatic heterocycles. The molecule has 90 valence electrons. The first-order valence-electron chi connectivity index (χ1n) is 5.35. The van der Waals surface area contributed by atoms with Crippen molar-refractivity contribution in [3.63, 3.8) is 0 Å². The summed E-state index contributed by atoms with van der Waals surface area (Å²) in [7, 11) is 0. The van der Waals surface area contributed by atoms with Gasteiger partial charge in [-0.2, -0.15) is 0 Å². The number of aromatic nitrogens is 1. The normalized spacial score (nSPS) is 10.7. The van der Waals surface area contributed by atoms with Crippen molar-refractivity contribution < 1.29 is 9.18 Å². The van der Waals surface area contributed by atoms with E-state index >= 15 is 0 Å². The van der Waals surface area contributed by atoms with Gasteiger partial charge in [-0.15, -0.1) is 0 Å². The number of carbonyl (C=O) groups excluding carboxylic acids is 1. The van der Waals surface area contributed by atoms with Crippen molar-refractivity contribution in [3.05, 3.63) is 60.1 Å². The maximum Gasteiger partial charge on any atom is 0.241 e. The first-order valence-corrected chi connectivity index (χ1v) is 5.35. The Kier molecular flexibility index (Phi) is 3.48. The van der Waals surface area contributed by atoms with Gasteiger partial charge in [0.2, 0.25) is 5.91 Å². The number of halogens is 1. The third-order valence-electron chi connectivity index (χ3n) is 2.38. The third-order valence-corrected chi connectivity index (χ3v) is 2.38. The smallest absolute Gasteiger partial charge is 0.241 e. The quantitative estimate of drug-likeness (QED) is 0.840. The van der Waals surface area contributed by atoms with Crippen LogP contribution < -0.4 is 5.73 Å². The molecule has 0 aliphatic rings. The predicted molar refractivity (Wildman–Crippen MR) is 67.9 cm³/mol. The second-order valence-corrected chi connectivity index (χ2v) is 3.69. The Morgan fingerprint density at radius 2 is 2.00 bits per heavy atom. The Labute approximate surface area is 104 Å². The summed E-state index contributed by atoms with van der Waals surface area (Å²) in [5.41, 5.74) is 6.71. The average molecular weight is 242 g/mol. The molecule has 1 aromatic carbocycles. The van der Waals surface area contributed by atoms with Gasteiger partial charge in [-0.3, -0.25) is 9.78 Å². The van der Waals surface area contributed by atoms with Crippen molar-refractivity contribution >= 4 is 12.0 Å². The molecule has 0 fully saturated rings. The lowest BCUT2D eigenvalue weighted by atomic mass is 10.1. The van der Waals surface area contributed by atoms with E-state index in [2.05, 4.69) is 4.98 Å². The van der Waals surface area contributed by atoms with Gasteiger partial charge in [0.25, 0.3) is 0 Å². The van der Waals surface area contributed by atoms with E-state index in [4.69, 9.17) is 5.73 Å². The van der Waals surface area contributed by atoms with E-state index in [9.17, 15) is 9.18 Å². The van der Waals surface area contributed by atoms with E-state index in [0.717, 1.165) is 5.56 Å². The molecule has 0 spiro atoms. The summed E-state index contributed by atoms with van der Waals surface area (Å²) < 4.78 is 13.5. The molecular formula is C14H11FN2O. The van der Waals surface area contributed by atoms with Crippen LogP contribution in [0.3, 0.4) is 0 Å². The molecule has 4 heteroatoms. The molecular weight excluding hydrogens is 231 g/mol. The topological polar surface area (TPSA) is 56.0 Å². The molecule has 2 N–H and O–H groups in total. The molecule has 0 aliphatic carbocycles. The minimum absolute atomic E-state index is 0.314. The van der Waals surface area contributed by atoms with E-state index < -0.39 is 5.91 Å². The van der Waals surface area contributed by atoms with Crippen molar-refractivity contribution in [1.29, 1.82) is 0 Å². The third kappa shape index (κ3) is 2.79. The SMILES string of the molecule is NC(=O)C=Cc1ccc(-c2ccccc2F)nc1. The first-order chi connectivity index (χ1) is 8.66. The van der Waals surface area contributed by atoms with Crippen LogP contribution in [0.15, 0.2) is 48.7 Å². The number of hydrogen-bond donors (Lipinski definition) is 1. The first kappa shape index (κ1) is 12.0. The number of pyridine rings is 1. The van der Waals surface area contributed by atoms with Crippen LogP contribution in [0.5, 0.6) is 0 Å². The minimum Gasteiger partial charge on any atom is -0.366 e. The zero-order valence-corrected chi connectivity index (χ0v) is 9.51. The molecule has 2 rings (SSSR count). The Bertz CT molecular complexity index is 591. The number of carbonyl (C=O) groups is 1. The Balaban J connectivity index is 2.28. The molecule has 0 saturated heterocycles. The van der Waals surface area contributed by atoms with Crippen molar-refractivity contribution in [1.82, 2.24) is 4.98 Å². The Morgan fingerprint density at radius 3 is 2.61 bits per heavy atom. The van der Waals surface area contributed by atoms with Crippen molar-refractivity contribution in [2.24, 2.45) is 5.73 Å². The summed E-state index contributed by atoms with van der Waals surface area (Å²) in [4.78, 5) is 14.7. The monoisotopic (exact) mass is 242 g/mol. The molecule has 0 radical (unpaired) electrons. The molecule has 1 aromatic heterocycles. The van der Waals surface area contributed by atoms with E-state index in [1.165, 1.54) is 12.1 Å². The lowest BCUT2D eigenvalue weighted by Crippen LogP contribution is -2.05. The highest BCUT2D eigenvalue weighted by molar-refractivity contribution is 5.90. The Hall–Kier alpha value is -2.49. The van der Waals surface area contributed by atoms with Gasteiger partial charge in [0.15, 0.2) is 0 Å². The van der Waals surface area contributed by atoms with Gasteiger partial charge in [0.05, 0.1) is 5.69 Å². The van der Waals surface area contributed by atoms with Crippen molar-refractivity contribution in [3.8, 4) is 11.3 Å². The molecule has 0 atom stereocenters. The highest BCUT2D eigenvalue weighted by Gasteiger charge is 2.04. The van der Waals surface area contributed by atoms with Crippen LogP contribution >= 0.6 is 0 Å². The fourth-order valence-corrected chi connectivity index (χ4v) is 1.51. The average Bonchev–Trinajstić information content (AvgIpc) is 2.38. The lowest BCUT2D eigenvalue weighted by molar-refractivity contribution is -0.113. The molecule has 1 heterocycles. The van der Waals surface area contributed by atoms with Gasteiger partial charge in [0, 0.05) is 17.8 Å². The van der Waals surface area contributed by atoms with E-state index in [1.54, 1.807) is 42.6 Å². The predicted octanol–water partition coefficient (Wildman–Crippen LogP) is 2.39. The minimum atomic E-state index is -0.520. The maximum absolute atomic E-state index is 13.5. The summed E-state index contributed by atoms with van der Waals surface area (Å²) in [6.45, 7) is 0. The highest BCUT2D eigenvalue weighted by Crippen LogP contribution is 2.20. The van der Waals surface area contributed by atoms with E-state index in [0.29, 0.717) is 11.3 Å². The van der Waals surface area contributed by atoms with E-state index in [-0.39, 0.29) is 5.82 Å². The van der Waals surface area contributed by atoms with Crippen LogP contribution in [0, 0.1) is 5.82 Å². The zero-order valence-electron chi connectivity index (χ0n) is 9.51. The van der Waals surface area contributed by atoms with Crippen molar-refractivity contribution in [2.75, 3.05) is 0 Å². The van der Waals surface area contributed by atoms with Gasteiger partial charge in [-0.05, 0) is 29.8 Å². The lowest BCUT2D eigenvalue weighted by Gasteiger charge is -2.02.